The fraction of sp³-hybridized carbons (Fsp3) is 0. The summed E-state index contributed by atoms with van der Waals surface area (Å²) in [5, 5.41) is 37.8. The Labute approximate surface area is 294 Å². The van der Waals surface area contributed by atoms with Crippen LogP contribution in [0.15, 0.2) is 158 Å². The molecule has 9 rings (SSSR count). The van der Waals surface area contributed by atoms with E-state index in [0.29, 0.717) is 27.9 Å². The van der Waals surface area contributed by atoms with Crippen LogP contribution in [0.2, 0.25) is 0 Å². The van der Waals surface area contributed by atoms with Gasteiger partial charge in [0.05, 0.1) is 45.5 Å². The van der Waals surface area contributed by atoms with E-state index in [2.05, 4.69) is 126 Å². The molecular weight excluding hydrogens is 621 g/mol. The van der Waals surface area contributed by atoms with E-state index >= 15 is 0 Å². The molecule has 1 heterocycles. The van der Waals surface area contributed by atoms with Gasteiger partial charge in [-0.15, -0.1) is 0 Å². The molecule has 0 saturated heterocycles. The minimum absolute atomic E-state index is 0.373. The first-order valence-corrected chi connectivity index (χ1v) is 16.7. The molecule has 0 N–H and O–H groups in total. The lowest BCUT2D eigenvalue weighted by Gasteiger charge is -2.20. The average molecular weight is 647 g/mol. The van der Waals surface area contributed by atoms with Crippen LogP contribution in [0, 0.1) is 34.0 Å². The summed E-state index contributed by atoms with van der Waals surface area (Å²) < 4.78 is 2.12. The summed E-state index contributed by atoms with van der Waals surface area (Å²) in [5.41, 5.74) is 9.45. The van der Waals surface area contributed by atoms with Gasteiger partial charge < -0.3 is 4.57 Å². The molecule has 0 aliphatic rings. The van der Waals surface area contributed by atoms with Gasteiger partial charge in [-0.3, -0.25) is 0 Å². The monoisotopic (exact) mass is 646 g/mol. The molecule has 8 aromatic carbocycles. The highest BCUT2D eigenvalue weighted by atomic mass is 15.0. The number of nitrogens with zero attached hydrogens (tertiary/aromatic N) is 4. The molecule has 0 bridgehead atoms. The maximum Gasteiger partial charge on any atom is 0.101 e. The molecule has 0 aliphatic carbocycles. The fourth-order valence-electron chi connectivity index (χ4n) is 7.76. The predicted molar refractivity (Wildman–Crippen MR) is 206 cm³/mol. The molecule has 9 aromatic rings. The zero-order chi connectivity index (χ0) is 34.5. The molecule has 0 saturated carbocycles. The van der Waals surface area contributed by atoms with Crippen molar-refractivity contribution in [2.24, 2.45) is 0 Å². The van der Waals surface area contributed by atoms with Crippen LogP contribution in [-0.4, -0.2) is 4.57 Å². The summed E-state index contributed by atoms with van der Waals surface area (Å²) >= 11 is 0. The molecule has 0 radical (unpaired) electrons. The van der Waals surface area contributed by atoms with Crippen LogP contribution in [0.25, 0.3) is 82.4 Å². The highest BCUT2D eigenvalue weighted by Gasteiger charge is 2.22. The van der Waals surface area contributed by atoms with Crippen LogP contribution in [0.4, 0.5) is 0 Å². The van der Waals surface area contributed by atoms with Crippen LogP contribution < -0.4 is 0 Å². The van der Waals surface area contributed by atoms with E-state index in [1.807, 2.05) is 48.5 Å². The number of hydrogen-bond donors (Lipinski definition) is 0. The van der Waals surface area contributed by atoms with Crippen LogP contribution in [-0.2, 0) is 0 Å². The molecule has 0 aliphatic heterocycles. The average Bonchev–Trinajstić information content (AvgIpc) is 3.53. The second-order valence-electron chi connectivity index (χ2n) is 12.6. The summed E-state index contributed by atoms with van der Waals surface area (Å²) in [6.45, 7) is 0. The first kappa shape index (κ1) is 29.7. The van der Waals surface area contributed by atoms with Crippen molar-refractivity contribution in [1.82, 2.24) is 4.57 Å². The predicted octanol–water partition coefficient (Wildman–Crippen LogP) is 11.7. The molecule has 0 unspecified atom stereocenters. The van der Waals surface area contributed by atoms with E-state index in [0.717, 1.165) is 71.2 Å². The normalized spacial score (nSPS) is 11.1. The van der Waals surface area contributed by atoms with E-state index < -0.39 is 0 Å². The Hall–Kier alpha value is -7.45. The lowest BCUT2D eigenvalue weighted by atomic mass is 9.84. The van der Waals surface area contributed by atoms with Gasteiger partial charge in [-0.05, 0) is 91.8 Å². The molecule has 0 atom stereocenters. The first-order chi connectivity index (χ1) is 25.2. The highest BCUT2D eigenvalue weighted by Crippen LogP contribution is 2.45. The third-order valence-electron chi connectivity index (χ3n) is 9.82. The molecule has 4 heteroatoms. The maximum absolute atomic E-state index is 10.6. The van der Waals surface area contributed by atoms with Crippen molar-refractivity contribution < 1.29 is 0 Å². The van der Waals surface area contributed by atoms with Gasteiger partial charge in [-0.25, -0.2) is 0 Å². The number of fused-ring (bicyclic) bond motifs is 5. The standard InChI is InChI=1S/C47H26N4/c48-27-30-22-33(42-25-31(28-49)24-35(29-50)47(42)51-43-20-10-8-14-36(43)37-15-9-11-21-44(37)51)26-34(23-30)46-40-18-6-4-16-38(40)45(32-12-2-1-3-13-32)39-17-5-7-19-41(39)46/h1-26H. The van der Waals surface area contributed by atoms with E-state index in [1.165, 1.54) is 0 Å². The van der Waals surface area contributed by atoms with Crippen LogP contribution >= 0.6 is 0 Å². The van der Waals surface area contributed by atoms with Crippen molar-refractivity contribution in [2.45, 2.75) is 0 Å². The van der Waals surface area contributed by atoms with Gasteiger partial charge in [0.15, 0.2) is 0 Å². The molecule has 51 heavy (non-hydrogen) atoms. The van der Waals surface area contributed by atoms with Gasteiger partial charge in [0.2, 0.25) is 0 Å². The first-order valence-electron chi connectivity index (χ1n) is 16.7. The number of nitriles is 3. The number of hydrogen-bond acceptors (Lipinski definition) is 3. The smallest absolute Gasteiger partial charge is 0.101 e. The molecule has 234 valence electrons. The fourth-order valence-corrected chi connectivity index (χ4v) is 7.76. The van der Waals surface area contributed by atoms with E-state index in [-0.39, 0.29) is 0 Å². The van der Waals surface area contributed by atoms with Crippen molar-refractivity contribution in [2.75, 3.05) is 0 Å². The topological polar surface area (TPSA) is 76.3 Å². The van der Waals surface area contributed by atoms with Gasteiger partial charge in [0.1, 0.15) is 6.07 Å². The SMILES string of the molecule is N#Cc1cc(-c2cc(C#N)cc(C#N)c2-n2c3ccccc3c3ccccc32)cc(-c2c3ccccc3c(-c3ccccc3)c3ccccc23)c1. The molecule has 0 fully saturated rings. The molecule has 0 spiro atoms. The van der Waals surface area contributed by atoms with E-state index in [1.54, 1.807) is 6.07 Å². The third-order valence-corrected chi connectivity index (χ3v) is 9.82. The Kier molecular flexibility index (Phi) is 6.93. The van der Waals surface area contributed by atoms with Gasteiger partial charge >= 0.3 is 0 Å². The van der Waals surface area contributed by atoms with Gasteiger partial charge in [-0.1, -0.05) is 115 Å². The number of benzene rings is 8. The van der Waals surface area contributed by atoms with Gasteiger partial charge in [0.25, 0.3) is 0 Å². The van der Waals surface area contributed by atoms with E-state index in [4.69, 9.17) is 0 Å². The quantitative estimate of drug-likeness (QED) is 0.179. The number of aromatic nitrogens is 1. The summed E-state index contributed by atoms with van der Waals surface area (Å²) in [5.74, 6) is 0. The lowest BCUT2D eigenvalue weighted by molar-refractivity contribution is 1.17. The summed E-state index contributed by atoms with van der Waals surface area (Å²) in [4.78, 5) is 0. The van der Waals surface area contributed by atoms with Gasteiger partial charge in [-0.2, -0.15) is 15.8 Å². The summed E-state index contributed by atoms with van der Waals surface area (Å²) in [7, 11) is 0. The summed E-state index contributed by atoms with van der Waals surface area (Å²) in [6, 6.07) is 60.2. The zero-order valence-electron chi connectivity index (χ0n) is 27.3. The van der Waals surface area contributed by atoms with Crippen molar-refractivity contribution in [3.63, 3.8) is 0 Å². The lowest BCUT2D eigenvalue weighted by Crippen LogP contribution is -2.02. The highest BCUT2D eigenvalue weighted by molar-refractivity contribution is 6.21. The van der Waals surface area contributed by atoms with Crippen LogP contribution in [0.5, 0.6) is 0 Å². The van der Waals surface area contributed by atoms with Gasteiger partial charge in [0, 0.05) is 16.3 Å². The van der Waals surface area contributed by atoms with E-state index in [9.17, 15) is 15.8 Å². The largest absolute Gasteiger partial charge is 0.307 e. The molecule has 0 amide bonds. The second-order valence-corrected chi connectivity index (χ2v) is 12.6. The molecule has 4 nitrogen and oxygen atoms in total. The van der Waals surface area contributed by atoms with Crippen LogP contribution in [0.3, 0.4) is 0 Å². The Bertz CT molecular complexity index is 2890. The number of rotatable bonds is 4. The minimum Gasteiger partial charge on any atom is -0.307 e. The Morgan fingerprint density at radius 1 is 0.373 bits per heavy atom. The maximum atomic E-state index is 10.6. The third kappa shape index (κ3) is 4.66. The second kappa shape index (κ2) is 11.9. The van der Waals surface area contributed by atoms with Crippen LogP contribution in [0.1, 0.15) is 16.7 Å². The minimum atomic E-state index is 0.373. The van der Waals surface area contributed by atoms with Crippen molar-refractivity contribution in [1.29, 1.82) is 15.8 Å². The zero-order valence-corrected chi connectivity index (χ0v) is 27.3. The van der Waals surface area contributed by atoms with Crippen molar-refractivity contribution >= 4 is 43.4 Å². The Morgan fingerprint density at radius 2 is 0.824 bits per heavy atom. The Balaban J connectivity index is 1.40. The van der Waals surface area contributed by atoms with Crippen molar-refractivity contribution in [3.8, 4) is 57.3 Å². The van der Waals surface area contributed by atoms with Crippen molar-refractivity contribution in [3.05, 3.63) is 174 Å². The molecular formula is C47H26N4. The molecule has 1 aromatic heterocycles. The Morgan fingerprint density at radius 3 is 1.35 bits per heavy atom. The number of para-hydroxylation sites is 2. The summed E-state index contributed by atoms with van der Waals surface area (Å²) in [6.07, 6.45) is 0.